The van der Waals surface area contributed by atoms with Gasteiger partial charge in [0.1, 0.15) is 6.33 Å². The van der Waals surface area contributed by atoms with Gasteiger partial charge in [0.25, 0.3) is 0 Å². The first-order chi connectivity index (χ1) is 14.6. The van der Waals surface area contributed by atoms with Crippen molar-refractivity contribution in [2.24, 2.45) is 0 Å². The van der Waals surface area contributed by atoms with Crippen LogP contribution in [0.2, 0.25) is 0 Å². The predicted molar refractivity (Wildman–Crippen MR) is 119 cm³/mol. The van der Waals surface area contributed by atoms with E-state index in [9.17, 15) is 9.59 Å². The van der Waals surface area contributed by atoms with Crippen molar-refractivity contribution in [3.8, 4) is 5.69 Å². The molecule has 0 aliphatic heterocycles. The number of amides is 2. The highest BCUT2D eigenvalue weighted by molar-refractivity contribution is 7.99. The molecule has 0 saturated carbocycles. The highest BCUT2D eigenvalue weighted by Crippen LogP contribution is 2.23. The molecule has 0 radical (unpaired) electrons. The molecular weight excluding hydrogens is 398 g/mol. The first kappa shape index (κ1) is 21.6. The number of benzene rings is 2. The number of thioether (sulfide) groups is 1. The Morgan fingerprint density at radius 2 is 1.93 bits per heavy atom. The molecule has 2 aromatic carbocycles. The Kier molecular flexibility index (Phi) is 7.62. The smallest absolute Gasteiger partial charge is 0.230 e. The second-order valence-electron chi connectivity index (χ2n) is 6.82. The van der Waals surface area contributed by atoms with Crippen molar-refractivity contribution in [2.75, 3.05) is 11.1 Å². The van der Waals surface area contributed by atoms with Gasteiger partial charge in [-0.15, -0.1) is 10.2 Å². The summed E-state index contributed by atoms with van der Waals surface area (Å²) in [6.45, 7) is 3.57. The van der Waals surface area contributed by atoms with Gasteiger partial charge < -0.3 is 10.6 Å². The number of hydrogen-bond donors (Lipinski definition) is 2. The number of carbonyl (C=O) groups excluding carboxylic acids is 2. The fourth-order valence-corrected chi connectivity index (χ4v) is 3.84. The minimum absolute atomic E-state index is 0.00323. The van der Waals surface area contributed by atoms with E-state index in [0.717, 1.165) is 24.1 Å². The summed E-state index contributed by atoms with van der Waals surface area (Å²) in [5.41, 5.74) is 2.60. The van der Waals surface area contributed by atoms with Crippen LogP contribution in [0.3, 0.4) is 0 Å². The first-order valence-electron chi connectivity index (χ1n) is 9.82. The lowest BCUT2D eigenvalue weighted by Crippen LogP contribution is -2.30. The van der Waals surface area contributed by atoms with Crippen LogP contribution in [0.4, 0.5) is 5.69 Å². The Labute approximate surface area is 180 Å². The minimum atomic E-state index is -0.137. The molecule has 2 amide bonds. The number of nitrogens with zero attached hydrogens (tertiary/aromatic N) is 3. The number of rotatable bonds is 9. The third-order valence-electron chi connectivity index (χ3n) is 4.41. The SMILES string of the molecule is CCCC(NC(=O)CSc1nncn1-c1cccc(NC(C)=O)c1)c1ccccc1. The monoisotopic (exact) mass is 423 g/mol. The molecule has 1 heterocycles. The van der Waals surface area contributed by atoms with Gasteiger partial charge in [0.2, 0.25) is 11.8 Å². The third kappa shape index (κ3) is 5.93. The fraction of sp³-hybridized carbons (Fsp3) is 0.273. The Balaban J connectivity index is 1.65. The molecule has 1 atom stereocenters. The molecule has 0 aliphatic carbocycles. The molecule has 2 N–H and O–H groups in total. The van der Waals surface area contributed by atoms with Crippen LogP contribution in [0.25, 0.3) is 5.69 Å². The number of anilines is 1. The second kappa shape index (κ2) is 10.6. The van der Waals surface area contributed by atoms with Gasteiger partial charge >= 0.3 is 0 Å². The van der Waals surface area contributed by atoms with E-state index < -0.39 is 0 Å². The molecule has 0 bridgehead atoms. The Bertz CT molecular complexity index is 990. The number of aromatic nitrogens is 3. The van der Waals surface area contributed by atoms with Crippen LogP contribution in [-0.4, -0.2) is 32.3 Å². The van der Waals surface area contributed by atoms with Crippen LogP contribution < -0.4 is 10.6 Å². The van der Waals surface area contributed by atoms with Crippen LogP contribution >= 0.6 is 11.8 Å². The molecule has 156 valence electrons. The Morgan fingerprint density at radius 1 is 1.13 bits per heavy atom. The summed E-state index contributed by atoms with van der Waals surface area (Å²) in [4.78, 5) is 23.9. The average molecular weight is 424 g/mol. The minimum Gasteiger partial charge on any atom is -0.349 e. The zero-order valence-corrected chi connectivity index (χ0v) is 17.9. The predicted octanol–water partition coefficient (Wildman–Crippen LogP) is 3.98. The van der Waals surface area contributed by atoms with Crippen LogP contribution in [0.5, 0.6) is 0 Å². The van der Waals surface area contributed by atoms with Crippen molar-refractivity contribution in [1.82, 2.24) is 20.1 Å². The molecule has 7 nitrogen and oxygen atoms in total. The van der Waals surface area contributed by atoms with Gasteiger partial charge in [-0.2, -0.15) is 0 Å². The van der Waals surface area contributed by atoms with Crippen LogP contribution in [0.1, 0.15) is 38.3 Å². The molecule has 30 heavy (non-hydrogen) atoms. The molecule has 0 saturated heterocycles. The van der Waals surface area contributed by atoms with Crippen molar-refractivity contribution >= 4 is 29.3 Å². The van der Waals surface area contributed by atoms with E-state index in [1.807, 2.05) is 54.6 Å². The molecule has 0 fully saturated rings. The van der Waals surface area contributed by atoms with E-state index in [-0.39, 0.29) is 23.6 Å². The molecule has 0 spiro atoms. The first-order valence-corrected chi connectivity index (χ1v) is 10.8. The summed E-state index contributed by atoms with van der Waals surface area (Å²) in [6.07, 6.45) is 3.45. The zero-order chi connectivity index (χ0) is 21.3. The molecule has 3 aromatic rings. The normalized spacial score (nSPS) is 11.7. The lowest BCUT2D eigenvalue weighted by Gasteiger charge is -2.18. The van der Waals surface area contributed by atoms with Crippen molar-refractivity contribution in [1.29, 1.82) is 0 Å². The van der Waals surface area contributed by atoms with E-state index >= 15 is 0 Å². The Morgan fingerprint density at radius 3 is 2.67 bits per heavy atom. The maximum absolute atomic E-state index is 12.6. The third-order valence-corrected chi connectivity index (χ3v) is 5.35. The van der Waals surface area contributed by atoms with Gasteiger partial charge in [0.15, 0.2) is 5.16 Å². The summed E-state index contributed by atoms with van der Waals surface area (Å²) in [6, 6.07) is 17.4. The van der Waals surface area contributed by atoms with E-state index in [2.05, 4.69) is 27.8 Å². The van der Waals surface area contributed by atoms with Crippen molar-refractivity contribution in [3.05, 3.63) is 66.5 Å². The molecule has 1 aromatic heterocycles. The molecule has 3 rings (SSSR count). The van der Waals surface area contributed by atoms with Crippen LogP contribution in [-0.2, 0) is 9.59 Å². The molecule has 0 aliphatic rings. The molecular formula is C22H25N5O2S. The summed E-state index contributed by atoms with van der Waals surface area (Å²) in [7, 11) is 0. The summed E-state index contributed by atoms with van der Waals surface area (Å²) >= 11 is 1.32. The van der Waals surface area contributed by atoms with Crippen LogP contribution in [0.15, 0.2) is 66.1 Å². The van der Waals surface area contributed by atoms with Gasteiger partial charge in [0, 0.05) is 12.6 Å². The topological polar surface area (TPSA) is 88.9 Å². The number of nitrogens with one attached hydrogen (secondary N) is 2. The molecule has 1 unspecified atom stereocenters. The van der Waals surface area contributed by atoms with Gasteiger partial charge in [0.05, 0.1) is 17.5 Å². The van der Waals surface area contributed by atoms with Gasteiger partial charge in [-0.05, 0) is 30.2 Å². The van der Waals surface area contributed by atoms with E-state index in [1.165, 1.54) is 18.7 Å². The maximum atomic E-state index is 12.6. The quantitative estimate of drug-likeness (QED) is 0.508. The fourth-order valence-electron chi connectivity index (χ4n) is 3.10. The average Bonchev–Trinajstić information content (AvgIpc) is 3.21. The molecule has 8 heteroatoms. The van der Waals surface area contributed by atoms with E-state index in [4.69, 9.17) is 0 Å². The zero-order valence-electron chi connectivity index (χ0n) is 17.0. The second-order valence-corrected chi connectivity index (χ2v) is 7.77. The standard InChI is InChI=1S/C22H25N5O2S/c1-3-8-20(17-9-5-4-6-10-17)25-21(29)14-30-22-26-23-15-27(22)19-12-7-11-18(13-19)24-16(2)28/h4-7,9-13,15,20H,3,8,14H2,1-2H3,(H,24,28)(H,25,29). The summed E-state index contributed by atoms with van der Waals surface area (Å²) in [5, 5.41) is 14.6. The van der Waals surface area contributed by atoms with Crippen molar-refractivity contribution in [2.45, 2.75) is 37.9 Å². The van der Waals surface area contributed by atoms with Crippen LogP contribution in [0, 0.1) is 0 Å². The van der Waals surface area contributed by atoms with Crippen molar-refractivity contribution < 1.29 is 9.59 Å². The number of hydrogen-bond acceptors (Lipinski definition) is 5. The van der Waals surface area contributed by atoms with Gasteiger partial charge in [-0.25, -0.2) is 0 Å². The lowest BCUT2D eigenvalue weighted by molar-refractivity contribution is -0.119. The van der Waals surface area contributed by atoms with Gasteiger partial charge in [-0.3, -0.25) is 14.2 Å². The van der Waals surface area contributed by atoms with E-state index in [1.54, 1.807) is 10.9 Å². The van der Waals surface area contributed by atoms with Crippen molar-refractivity contribution in [3.63, 3.8) is 0 Å². The highest BCUT2D eigenvalue weighted by atomic mass is 32.2. The maximum Gasteiger partial charge on any atom is 0.230 e. The van der Waals surface area contributed by atoms with Gasteiger partial charge in [-0.1, -0.05) is 61.5 Å². The largest absolute Gasteiger partial charge is 0.349 e. The number of carbonyl (C=O) groups is 2. The summed E-state index contributed by atoms with van der Waals surface area (Å²) in [5.74, 6) is 0.0444. The van der Waals surface area contributed by atoms with E-state index in [0.29, 0.717) is 10.8 Å². The lowest BCUT2D eigenvalue weighted by atomic mass is 10.0. The Hall–Kier alpha value is -3.13. The summed E-state index contributed by atoms with van der Waals surface area (Å²) < 4.78 is 1.80. The highest BCUT2D eigenvalue weighted by Gasteiger charge is 2.15.